The predicted molar refractivity (Wildman–Crippen MR) is 133 cm³/mol. The van der Waals surface area contributed by atoms with Crippen molar-refractivity contribution in [2.45, 2.75) is 31.8 Å². The third-order valence-electron chi connectivity index (χ3n) is 4.70. The minimum atomic E-state index is -3.89. The van der Waals surface area contributed by atoms with Crippen molar-refractivity contribution in [3.8, 4) is 5.75 Å². The third kappa shape index (κ3) is 6.32. The molecule has 0 aliphatic carbocycles. The van der Waals surface area contributed by atoms with Crippen LogP contribution in [0.4, 0.5) is 11.4 Å². The Hall–Kier alpha value is -2.45. The first-order valence-corrected chi connectivity index (χ1v) is 12.4. The summed E-state index contributed by atoms with van der Waals surface area (Å²) in [6.45, 7) is 5.34. The van der Waals surface area contributed by atoms with Gasteiger partial charge in [0.15, 0.2) is 6.10 Å². The Balaban J connectivity index is 1.66. The molecule has 0 saturated heterocycles. The smallest absolute Gasteiger partial charge is 0.265 e. The standard InChI is InChI=1S/C23H21Cl3N2O4S/c1-13-10-18(11-14(2)22(13)26)32-15(3)23(29)27-17-5-7-19(8-6-17)33(30,31)28-21-9-4-16(24)12-20(21)25/h4-12,15,28H,1-3H3,(H,27,29). The highest BCUT2D eigenvalue weighted by Gasteiger charge is 2.18. The van der Waals surface area contributed by atoms with E-state index in [1.165, 1.54) is 42.5 Å². The molecule has 1 atom stereocenters. The highest BCUT2D eigenvalue weighted by atomic mass is 35.5. The Labute approximate surface area is 207 Å². The number of benzene rings is 3. The van der Waals surface area contributed by atoms with E-state index in [0.29, 0.717) is 21.5 Å². The van der Waals surface area contributed by atoms with E-state index < -0.39 is 16.1 Å². The summed E-state index contributed by atoms with van der Waals surface area (Å²) >= 11 is 18.0. The Kier molecular flexibility index (Phi) is 7.80. The SMILES string of the molecule is Cc1cc(OC(C)C(=O)Nc2ccc(S(=O)(=O)Nc3ccc(Cl)cc3Cl)cc2)cc(C)c1Cl. The largest absolute Gasteiger partial charge is 0.481 e. The Morgan fingerprint density at radius 2 is 1.55 bits per heavy atom. The van der Waals surface area contributed by atoms with E-state index in [1.807, 2.05) is 13.8 Å². The monoisotopic (exact) mass is 526 g/mol. The van der Waals surface area contributed by atoms with Crippen LogP contribution in [0, 0.1) is 13.8 Å². The quantitative estimate of drug-likeness (QED) is 0.369. The maximum atomic E-state index is 12.6. The molecule has 0 aliphatic rings. The summed E-state index contributed by atoms with van der Waals surface area (Å²) in [7, 11) is -3.89. The van der Waals surface area contributed by atoms with Crippen molar-refractivity contribution in [1.29, 1.82) is 0 Å². The molecule has 0 saturated carbocycles. The molecule has 6 nitrogen and oxygen atoms in total. The lowest BCUT2D eigenvalue weighted by atomic mass is 10.1. The number of carbonyl (C=O) groups is 1. The molecule has 0 heterocycles. The number of rotatable bonds is 7. The van der Waals surface area contributed by atoms with Crippen LogP contribution in [0.15, 0.2) is 59.5 Å². The molecule has 0 aromatic heterocycles. The van der Waals surface area contributed by atoms with Crippen molar-refractivity contribution in [2.75, 3.05) is 10.0 Å². The second kappa shape index (κ2) is 10.2. The van der Waals surface area contributed by atoms with Gasteiger partial charge < -0.3 is 10.1 Å². The van der Waals surface area contributed by atoms with E-state index in [0.717, 1.165) is 11.1 Å². The second-order valence-electron chi connectivity index (χ2n) is 7.37. The van der Waals surface area contributed by atoms with Gasteiger partial charge in [-0.25, -0.2) is 8.42 Å². The highest BCUT2D eigenvalue weighted by Crippen LogP contribution is 2.28. The van der Waals surface area contributed by atoms with Crippen LogP contribution in [0.2, 0.25) is 15.1 Å². The first kappa shape index (κ1) is 25.2. The molecule has 3 rings (SSSR count). The lowest BCUT2D eigenvalue weighted by molar-refractivity contribution is -0.122. The van der Waals surface area contributed by atoms with Gasteiger partial charge in [-0.15, -0.1) is 0 Å². The van der Waals surface area contributed by atoms with Crippen LogP contribution in [0.3, 0.4) is 0 Å². The molecule has 2 N–H and O–H groups in total. The lowest BCUT2D eigenvalue weighted by Gasteiger charge is -2.16. The van der Waals surface area contributed by atoms with Crippen LogP contribution in [0.5, 0.6) is 5.75 Å². The van der Waals surface area contributed by atoms with Gasteiger partial charge >= 0.3 is 0 Å². The predicted octanol–water partition coefficient (Wildman–Crippen LogP) is 6.47. The number of nitrogens with one attached hydrogen (secondary N) is 2. The number of hydrogen-bond acceptors (Lipinski definition) is 4. The van der Waals surface area contributed by atoms with Gasteiger partial charge in [0, 0.05) is 15.7 Å². The average molecular weight is 528 g/mol. The van der Waals surface area contributed by atoms with Gasteiger partial charge in [0.05, 0.1) is 15.6 Å². The summed E-state index contributed by atoms with van der Waals surface area (Å²) in [6.07, 6.45) is -0.790. The fourth-order valence-electron chi connectivity index (χ4n) is 2.97. The Morgan fingerprint density at radius 1 is 0.939 bits per heavy atom. The fourth-order valence-corrected chi connectivity index (χ4v) is 4.67. The molecule has 33 heavy (non-hydrogen) atoms. The highest BCUT2D eigenvalue weighted by molar-refractivity contribution is 7.92. The number of carbonyl (C=O) groups excluding carboxylic acids is 1. The molecular formula is C23H21Cl3N2O4S. The maximum absolute atomic E-state index is 12.6. The first-order valence-electron chi connectivity index (χ1n) is 9.78. The minimum Gasteiger partial charge on any atom is -0.481 e. The van der Waals surface area contributed by atoms with Gasteiger partial charge in [0.2, 0.25) is 0 Å². The number of ether oxygens (including phenoxy) is 1. The topological polar surface area (TPSA) is 84.5 Å². The van der Waals surface area contributed by atoms with Crippen molar-refractivity contribution in [3.05, 3.63) is 80.8 Å². The molecule has 0 radical (unpaired) electrons. The van der Waals surface area contributed by atoms with Crippen molar-refractivity contribution in [2.24, 2.45) is 0 Å². The average Bonchev–Trinajstić information content (AvgIpc) is 2.74. The first-order chi connectivity index (χ1) is 15.5. The van der Waals surface area contributed by atoms with E-state index in [2.05, 4.69) is 10.0 Å². The maximum Gasteiger partial charge on any atom is 0.265 e. The van der Waals surface area contributed by atoms with Gasteiger partial charge in [0.25, 0.3) is 15.9 Å². The van der Waals surface area contributed by atoms with Crippen molar-refractivity contribution in [1.82, 2.24) is 0 Å². The van der Waals surface area contributed by atoms with E-state index in [4.69, 9.17) is 39.5 Å². The molecule has 1 amide bonds. The molecule has 0 bridgehead atoms. The van der Waals surface area contributed by atoms with Crippen molar-refractivity contribution in [3.63, 3.8) is 0 Å². The summed E-state index contributed by atoms with van der Waals surface area (Å²) in [6, 6.07) is 13.7. The second-order valence-corrected chi connectivity index (χ2v) is 10.3. The van der Waals surface area contributed by atoms with Gasteiger partial charge in [-0.1, -0.05) is 34.8 Å². The van der Waals surface area contributed by atoms with Crippen LogP contribution in [0.1, 0.15) is 18.1 Å². The number of anilines is 2. The molecule has 0 aliphatic heterocycles. The minimum absolute atomic E-state index is 0.00271. The molecular weight excluding hydrogens is 507 g/mol. The van der Waals surface area contributed by atoms with E-state index in [1.54, 1.807) is 19.1 Å². The number of hydrogen-bond donors (Lipinski definition) is 2. The normalized spacial score (nSPS) is 12.2. The summed E-state index contributed by atoms with van der Waals surface area (Å²) < 4.78 is 33.4. The van der Waals surface area contributed by atoms with Crippen molar-refractivity contribution >= 4 is 62.1 Å². The molecule has 0 fully saturated rings. The molecule has 10 heteroatoms. The molecule has 3 aromatic carbocycles. The summed E-state index contributed by atoms with van der Waals surface area (Å²) in [5.74, 6) is 0.146. The van der Waals surface area contributed by atoms with Gasteiger partial charge in [-0.2, -0.15) is 0 Å². The van der Waals surface area contributed by atoms with Gasteiger partial charge in [0.1, 0.15) is 5.75 Å². The summed E-state index contributed by atoms with van der Waals surface area (Å²) in [4.78, 5) is 12.5. The zero-order valence-corrected chi connectivity index (χ0v) is 21.0. The van der Waals surface area contributed by atoms with Crippen LogP contribution < -0.4 is 14.8 Å². The number of halogens is 3. The zero-order chi connectivity index (χ0) is 24.3. The van der Waals surface area contributed by atoms with Crippen LogP contribution in [-0.2, 0) is 14.8 Å². The van der Waals surface area contributed by atoms with Crippen LogP contribution >= 0.6 is 34.8 Å². The molecule has 0 spiro atoms. The molecule has 3 aromatic rings. The summed E-state index contributed by atoms with van der Waals surface area (Å²) in [5, 5.41) is 3.93. The zero-order valence-electron chi connectivity index (χ0n) is 17.9. The Bertz CT molecular complexity index is 1270. The Morgan fingerprint density at radius 3 is 2.12 bits per heavy atom. The van der Waals surface area contributed by atoms with Gasteiger partial charge in [-0.05, 0) is 86.5 Å². The number of aryl methyl sites for hydroxylation is 2. The number of amides is 1. The molecule has 1 unspecified atom stereocenters. The third-order valence-corrected chi connectivity index (χ3v) is 7.23. The van der Waals surface area contributed by atoms with E-state index in [-0.39, 0.29) is 21.5 Å². The summed E-state index contributed by atoms with van der Waals surface area (Å²) in [5.41, 5.74) is 2.33. The van der Waals surface area contributed by atoms with Gasteiger partial charge in [-0.3, -0.25) is 9.52 Å². The molecule has 174 valence electrons. The van der Waals surface area contributed by atoms with Crippen molar-refractivity contribution < 1.29 is 17.9 Å². The van der Waals surface area contributed by atoms with E-state index >= 15 is 0 Å². The van der Waals surface area contributed by atoms with Crippen LogP contribution in [0.25, 0.3) is 0 Å². The van der Waals surface area contributed by atoms with E-state index in [9.17, 15) is 13.2 Å². The van der Waals surface area contributed by atoms with Crippen LogP contribution in [-0.4, -0.2) is 20.4 Å². The number of sulfonamides is 1. The fraction of sp³-hybridized carbons (Fsp3) is 0.174. The lowest BCUT2D eigenvalue weighted by Crippen LogP contribution is -2.30.